The van der Waals surface area contributed by atoms with Crippen LogP contribution in [0.5, 0.6) is 0 Å². The van der Waals surface area contributed by atoms with Crippen LogP contribution in [0.1, 0.15) is 27.8 Å². The maximum Gasteiger partial charge on any atom is 0.416 e. The number of carbonyl (C=O) groups excluding carboxylic acids is 1. The van der Waals surface area contributed by atoms with Gasteiger partial charge in [0.2, 0.25) is 5.91 Å². The average molecular weight is 680 g/mol. The summed E-state index contributed by atoms with van der Waals surface area (Å²) in [6, 6.07) is 17.3. The molecule has 0 spiro atoms. The van der Waals surface area contributed by atoms with Gasteiger partial charge in [-0.25, -0.2) is 4.39 Å². The first kappa shape index (κ1) is 34.1. The van der Waals surface area contributed by atoms with E-state index in [1.165, 1.54) is 46.8 Å². The minimum absolute atomic E-state index is 0.0628. The van der Waals surface area contributed by atoms with Crippen LogP contribution in [0, 0.1) is 5.82 Å². The predicted molar refractivity (Wildman–Crippen MR) is 170 cm³/mol. The third kappa shape index (κ3) is 8.97. The lowest BCUT2D eigenvalue weighted by atomic mass is 10.0. The molecule has 0 fully saturated rings. The number of aliphatic carboxylic acids is 1. The van der Waals surface area contributed by atoms with Crippen molar-refractivity contribution in [2.24, 2.45) is 7.05 Å². The normalized spacial score (nSPS) is 11.4. The number of thioether (sulfide) groups is 1. The molecule has 0 aliphatic heterocycles. The van der Waals surface area contributed by atoms with E-state index in [-0.39, 0.29) is 24.7 Å². The standard InChI is InChI=1S/C34H29F4N5O4S/c1-41-16-24(15-39-41)14-27-18-43(33(40-32(27)47)48-21-23-4-12-29(35)13-5-23)19-30(44)42(20-31(45)46)17-22-2-6-25(7-3-22)26-8-10-28(11-9-26)34(36,37)38/h2-13,15-16,18H,14,17,19-21H2,1H3,(H,45,46). The fourth-order valence-corrected chi connectivity index (χ4v) is 5.82. The van der Waals surface area contributed by atoms with Crippen LogP contribution >= 0.6 is 11.8 Å². The Labute approximate surface area is 276 Å². The van der Waals surface area contributed by atoms with Crippen LogP contribution < -0.4 is 5.56 Å². The van der Waals surface area contributed by atoms with E-state index < -0.39 is 41.5 Å². The molecule has 48 heavy (non-hydrogen) atoms. The van der Waals surface area contributed by atoms with Gasteiger partial charge in [0.05, 0.1) is 11.8 Å². The van der Waals surface area contributed by atoms with Gasteiger partial charge in [0.25, 0.3) is 5.56 Å². The van der Waals surface area contributed by atoms with E-state index in [9.17, 15) is 37.1 Å². The molecule has 248 valence electrons. The summed E-state index contributed by atoms with van der Waals surface area (Å²) in [6.07, 6.45) is 0.663. The Bertz CT molecular complexity index is 1960. The zero-order valence-corrected chi connectivity index (χ0v) is 26.3. The number of alkyl halides is 3. The third-order valence-corrected chi connectivity index (χ3v) is 8.38. The molecule has 2 aromatic heterocycles. The van der Waals surface area contributed by atoms with Crippen molar-refractivity contribution in [3.05, 3.63) is 135 Å². The van der Waals surface area contributed by atoms with Crippen LogP contribution in [0.15, 0.2) is 101 Å². The molecular formula is C34H29F4N5O4S. The highest BCUT2D eigenvalue weighted by atomic mass is 32.2. The number of aromatic nitrogens is 4. The molecular weight excluding hydrogens is 650 g/mol. The summed E-state index contributed by atoms with van der Waals surface area (Å²) >= 11 is 1.18. The van der Waals surface area contributed by atoms with E-state index in [0.717, 1.165) is 28.2 Å². The van der Waals surface area contributed by atoms with Crippen molar-refractivity contribution < 1.29 is 32.3 Å². The zero-order chi connectivity index (χ0) is 34.4. The summed E-state index contributed by atoms with van der Waals surface area (Å²) < 4.78 is 55.4. The smallest absolute Gasteiger partial charge is 0.416 e. The number of aryl methyl sites for hydroxylation is 1. The largest absolute Gasteiger partial charge is 0.480 e. The maximum atomic E-state index is 13.7. The highest BCUT2D eigenvalue weighted by Gasteiger charge is 2.30. The second-order valence-electron chi connectivity index (χ2n) is 11.0. The third-order valence-electron chi connectivity index (χ3n) is 7.32. The van der Waals surface area contributed by atoms with Gasteiger partial charge < -0.3 is 14.6 Å². The molecule has 0 unspecified atom stereocenters. The number of carbonyl (C=O) groups is 2. The average Bonchev–Trinajstić information content (AvgIpc) is 3.46. The van der Waals surface area contributed by atoms with Gasteiger partial charge in [-0.3, -0.25) is 19.1 Å². The van der Waals surface area contributed by atoms with Crippen molar-refractivity contribution >= 4 is 23.6 Å². The van der Waals surface area contributed by atoms with Crippen LogP contribution in [0.3, 0.4) is 0 Å². The summed E-state index contributed by atoms with van der Waals surface area (Å²) in [4.78, 5) is 43.8. The Morgan fingerprint density at radius 1 is 0.896 bits per heavy atom. The molecule has 1 amide bonds. The first-order valence-electron chi connectivity index (χ1n) is 14.6. The van der Waals surface area contributed by atoms with E-state index in [2.05, 4.69) is 10.1 Å². The fourth-order valence-electron chi connectivity index (χ4n) is 4.90. The number of benzene rings is 3. The number of nitrogens with zero attached hydrogens (tertiary/aromatic N) is 5. The Kier molecular flexibility index (Phi) is 10.4. The molecule has 0 radical (unpaired) electrons. The first-order chi connectivity index (χ1) is 22.8. The Morgan fingerprint density at radius 3 is 2.10 bits per heavy atom. The van der Waals surface area contributed by atoms with E-state index in [0.29, 0.717) is 28.0 Å². The molecule has 0 saturated carbocycles. The highest BCUT2D eigenvalue weighted by molar-refractivity contribution is 7.98. The maximum absolute atomic E-state index is 13.7. The number of rotatable bonds is 12. The summed E-state index contributed by atoms with van der Waals surface area (Å²) in [6.45, 7) is -0.990. The highest BCUT2D eigenvalue weighted by Crippen LogP contribution is 2.31. The molecule has 0 aliphatic carbocycles. The second-order valence-corrected chi connectivity index (χ2v) is 12.0. The lowest BCUT2D eigenvalue weighted by Crippen LogP contribution is -2.38. The van der Waals surface area contributed by atoms with Gasteiger partial charge in [0.1, 0.15) is 18.9 Å². The molecule has 3 aromatic carbocycles. The van der Waals surface area contributed by atoms with Gasteiger partial charge >= 0.3 is 12.1 Å². The SMILES string of the molecule is Cn1cc(Cc2cn(CC(=O)N(CC(=O)O)Cc3ccc(-c4ccc(C(F)(F)F)cc4)cc3)c(SCc3ccc(F)cc3)nc2=O)cn1. The number of hydrogen-bond donors (Lipinski definition) is 1. The molecule has 14 heteroatoms. The minimum Gasteiger partial charge on any atom is -0.480 e. The van der Waals surface area contributed by atoms with E-state index in [1.807, 2.05) is 0 Å². The van der Waals surface area contributed by atoms with Gasteiger partial charge in [-0.15, -0.1) is 0 Å². The summed E-state index contributed by atoms with van der Waals surface area (Å²) in [5.74, 6) is -1.85. The second kappa shape index (κ2) is 14.7. The predicted octanol–water partition coefficient (Wildman–Crippen LogP) is 5.80. The molecule has 2 heterocycles. The number of carboxylic acid groups (broad SMARTS) is 1. The number of carboxylic acids is 1. The molecule has 1 N–H and O–H groups in total. The monoisotopic (exact) mass is 679 g/mol. The van der Waals surface area contributed by atoms with Crippen molar-refractivity contribution in [2.45, 2.75) is 36.6 Å². The van der Waals surface area contributed by atoms with Gasteiger partial charge in [-0.1, -0.05) is 60.3 Å². The van der Waals surface area contributed by atoms with E-state index >= 15 is 0 Å². The van der Waals surface area contributed by atoms with Crippen LogP contribution in [0.4, 0.5) is 17.6 Å². The van der Waals surface area contributed by atoms with E-state index in [4.69, 9.17) is 0 Å². The van der Waals surface area contributed by atoms with Crippen LogP contribution in [-0.4, -0.2) is 47.8 Å². The van der Waals surface area contributed by atoms with Gasteiger partial charge in [0.15, 0.2) is 5.16 Å². The molecule has 5 rings (SSSR count). The van der Waals surface area contributed by atoms with Crippen LogP contribution in [0.2, 0.25) is 0 Å². The Morgan fingerprint density at radius 2 is 1.52 bits per heavy atom. The fraction of sp³-hybridized carbons (Fsp3) is 0.206. The molecule has 0 aliphatic rings. The molecule has 0 saturated heterocycles. The van der Waals surface area contributed by atoms with E-state index in [1.54, 1.807) is 60.5 Å². The van der Waals surface area contributed by atoms with Crippen molar-refractivity contribution in [2.75, 3.05) is 6.54 Å². The first-order valence-corrected chi connectivity index (χ1v) is 15.5. The van der Waals surface area contributed by atoms with Crippen molar-refractivity contribution in [1.82, 2.24) is 24.2 Å². The number of halogens is 4. The zero-order valence-electron chi connectivity index (χ0n) is 25.5. The molecule has 0 atom stereocenters. The lowest BCUT2D eigenvalue weighted by molar-refractivity contribution is -0.145. The van der Waals surface area contributed by atoms with Gasteiger partial charge in [-0.05, 0) is 52.1 Å². The summed E-state index contributed by atoms with van der Waals surface area (Å²) in [5.41, 5.74) is 2.39. The van der Waals surface area contributed by atoms with Gasteiger partial charge in [0, 0.05) is 43.7 Å². The minimum atomic E-state index is -4.45. The number of amides is 1. The molecule has 9 nitrogen and oxygen atoms in total. The van der Waals surface area contributed by atoms with Crippen LogP contribution in [0.25, 0.3) is 11.1 Å². The topological polar surface area (TPSA) is 110 Å². The van der Waals surface area contributed by atoms with Gasteiger partial charge in [-0.2, -0.15) is 23.3 Å². The Balaban J connectivity index is 1.37. The summed E-state index contributed by atoms with van der Waals surface area (Å²) in [5, 5.41) is 14.0. The molecule has 0 bridgehead atoms. The Hall–Kier alpha value is -5.24. The van der Waals surface area contributed by atoms with Crippen molar-refractivity contribution in [3.63, 3.8) is 0 Å². The lowest BCUT2D eigenvalue weighted by Gasteiger charge is -2.23. The summed E-state index contributed by atoms with van der Waals surface area (Å²) in [7, 11) is 1.74. The van der Waals surface area contributed by atoms with Crippen molar-refractivity contribution in [1.29, 1.82) is 0 Å². The number of hydrogen-bond acceptors (Lipinski definition) is 6. The molecule has 5 aromatic rings. The van der Waals surface area contributed by atoms with Crippen LogP contribution in [-0.2, 0) is 48.1 Å². The quantitative estimate of drug-likeness (QED) is 0.101. The van der Waals surface area contributed by atoms with Crippen molar-refractivity contribution in [3.8, 4) is 11.1 Å².